The number of hydrogen-bond acceptors (Lipinski definition) is 8. The molecule has 13 heteroatoms. The summed E-state index contributed by atoms with van der Waals surface area (Å²) in [5.74, 6) is -5.52. The summed E-state index contributed by atoms with van der Waals surface area (Å²) < 4.78 is 0. The van der Waals surface area contributed by atoms with Crippen molar-refractivity contribution in [2.75, 3.05) is 39.3 Å². The molecule has 0 radical (unpaired) electrons. The minimum atomic E-state index is -1.51. The Morgan fingerprint density at radius 1 is 0.696 bits per heavy atom. The zero-order chi connectivity index (χ0) is 15.7. The summed E-state index contributed by atoms with van der Waals surface area (Å²) in [6, 6.07) is 0. The molecule has 0 unspecified atom stereocenters. The minimum Gasteiger partial charge on any atom is -0.549 e. The number of carbonyl (C=O) groups is 4. The van der Waals surface area contributed by atoms with Crippen LogP contribution in [0.1, 0.15) is 0 Å². The van der Waals surface area contributed by atoms with Gasteiger partial charge in [-0.2, -0.15) is 0 Å². The molecule has 23 heavy (non-hydrogen) atoms. The number of carboxylic acids is 4. The van der Waals surface area contributed by atoms with Crippen LogP contribution in [0.5, 0.6) is 0 Å². The molecule has 0 aromatic carbocycles. The van der Waals surface area contributed by atoms with E-state index in [0.717, 1.165) is 9.80 Å². The van der Waals surface area contributed by atoms with Crippen LogP contribution in [-0.2, 0) is 36.2 Å². The number of carboxylic acid groups (broad SMARTS) is 4. The molecule has 0 rings (SSSR count). The normalized spacial score (nSPS) is 9.30. The van der Waals surface area contributed by atoms with Gasteiger partial charge in [0.1, 0.15) is 0 Å². The van der Waals surface area contributed by atoms with E-state index in [1.54, 1.807) is 0 Å². The van der Waals surface area contributed by atoms with Crippen LogP contribution in [0.4, 0.5) is 0 Å². The molecule has 0 aliphatic carbocycles. The van der Waals surface area contributed by atoms with Crippen LogP contribution in [0.25, 0.3) is 0 Å². The van der Waals surface area contributed by atoms with E-state index in [2.05, 4.69) is 0 Å². The minimum absolute atomic E-state index is 0. The summed E-state index contributed by atoms with van der Waals surface area (Å²) >= 11 is 0. The molecule has 0 spiro atoms. The van der Waals surface area contributed by atoms with Gasteiger partial charge in [-0.05, 0) is 0 Å². The number of carbonyl (C=O) groups excluding carboxylic acids is 2. The quantitative estimate of drug-likeness (QED) is 0.323. The molecular formula is C10H14FeN2Na2O8. The Bertz CT molecular complexity index is 331. The van der Waals surface area contributed by atoms with E-state index < -0.39 is 50.1 Å². The van der Waals surface area contributed by atoms with Crippen LogP contribution in [0, 0.1) is 0 Å². The fourth-order valence-corrected chi connectivity index (χ4v) is 1.46. The Morgan fingerprint density at radius 2 is 0.957 bits per heavy atom. The SMILES string of the molecule is O=C([O-])CN(CCN(CC(=O)O)CC(=O)O)CC(=O)[O-].[Fe].[Na+].[Na+]. The van der Waals surface area contributed by atoms with Crippen molar-refractivity contribution < 1.29 is 116 Å². The number of rotatable bonds is 11. The topological polar surface area (TPSA) is 161 Å². The maximum atomic E-state index is 10.5. The Kier molecular flexibility index (Phi) is 23.2. The Hall–Kier alpha value is 0.319. The molecule has 10 nitrogen and oxygen atoms in total. The van der Waals surface area contributed by atoms with Gasteiger partial charge in [0, 0.05) is 43.2 Å². The van der Waals surface area contributed by atoms with Gasteiger partial charge in [0.15, 0.2) is 0 Å². The van der Waals surface area contributed by atoms with Crippen molar-refractivity contribution in [1.82, 2.24) is 9.80 Å². The standard InChI is InChI=1S/C10H16N2O8.Fe.2Na/c13-7(14)3-11(4-8(15)16)1-2-12(5-9(17)18)6-10(19)20;;;/h1-6H2,(H,13,14)(H,15,16)(H,17,18)(H,19,20);;;/q;;2*+1/p-2. The smallest absolute Gasteiger partial charge is 0.549 e. The summed E-state index contributed by atoms with van der Waals surface area (Å²) in [6.07, 6.45) is 0. The van der Waals surface area contributed by atoms with Gasteiger partial charge in [-0.15, -0.1) is 0 Å². The largest absolute Gasteiger partial charge is 1.00 e. The average molecular weight is 392 g/mol. The van der Waals surface area contributed by atoms with Crippen LogP contribution in [0.3, 0.4) is 0 Å². The maximum Gasteiger partial charge on any atom is 1.00 e. The van der Waals surface area contributed by atoms with E-state index in [1.165, 1.54) is 0 Å². The van der Waals surface area contributed by atoms with Gasteiger partial charge in [-0.25, -0.2) is 0 Å². The van der Waals surface area contributed by atoms with E-state index in [4.69, 9.17) is 10.2 Å². The first-order valence-electron chi connectivity index (χ1n) is 5.48. The van der Waals surface area contributed by atoms with Gasteiger partial charge >= 0.3 is 71.1 Å². The fraction of sp³-hybridized carbons (Fsp3) is 0.600. The van der Waals surface area contributed by atoms with Crippen LogP contribution >= 0.6 is 0 Å². The third kappa shape index (κ3) is 20.3. The van der Waals surface area contributed by atoms with E-state index in [9.17, 15) is 29.4 Å². The van der Waals surface area contributed by atoms with Crippen LogP contribution in [0.15, 0.2) is 0 Å². The van der Waals surface area contributed by atoms with Crippen molar-refractivity contribution in [1.29, 1.82) is 0 Å². The second kappa shape index (κ2) is 17.2. The van der Waals surface area contributed by atoms with Crippen molar-refractivity contribution in [3.8, 4) is 0 Å². The number of hydrogen-bond donors (Lipinski definition) is 2. The van der Waals surface area contributed by atoms with E-state index >= 15 is 0 Å². The predicted octanol–water partition coefficient (Wildman–Crippen LogP) is -10.7. The molecular weight excluding hydrogens is 378 g/mol. The fourth-order valence-electron chi connectivity index (χ4n) is 1.46. The van der Waals surface area contributed by atoms with E-state index in [1.807, 2.05) is 0 Å². The molecule has 0 heterocycles. The molecule has 0 saturated heterocycles. The van der Waals surface area contributed by atoms with Crippen molar-refractivity contribution in [2.45, 2.75) is 0 Å². The number of nitrogens with zero attached hydrogens (tertiary/aromatic N) is 2. The Labute approximate surface area is 187 Å². The van der Waals surface area contributed by atoms with Gasteiger partial charge in [0.05, 0.1) is 25.0 Å². The molecule has 0 fully saturated rings. The Balaban J connectivity index is -0.000000602. The molecule has 0 aliphatic rings. The molecule has 0 amide bonds. The second-order valence-corrected chi connectivity index (χ2v) is 3.95. The first-order valence-corrected chi connectivity index (χ1v) is 5.48. The van der Waals surface area contributed by atoms with Gasteiger partial charge < -0.3 is 30.0 Å². The first kappa shape index (κ1) is 31.1. The molecule has 0 aromatic heterocycles. The van der Waals surface area contributed by atoms with Crippen LogP contribution < -0.4 is 69.3 Å². The van der Waals surface area contributed by atoms with E-state index in [-0.39, 0.29) is 89.3 Å². The molecule has 0 saturated carbocycles. The van der Waals surface area contributed by atoms with Gasteiger partial charge in [-0.3, -0.25) is 19.4 Å². The third-order valence-electron chi connectivity index (χ3n) is 2.16. The van der Waals surface area contributed by atoms with Crippen LogP contribution in [-0.4, -0.2) is 83.2 Å². The maximum absolute atomic E-state index is 10.5. The van der Waals surface area contributed by atoms with Crippen molar-refractivity contribution in [2.24, 2.45) is 0 Å². The van der Waals surface area contributed by atoms with Crippen molar-refractivity contribution in [3.63, 3.8) is 0 Å². The van der Waals surface area contributed by atoms with E-state index in [0.29, 0.717) is 0 Å². The number of aliphatic carboxylic acids is 4. The molecule has 122 valence electrons. The summed E-state index contributed by atoms with van der Waals surface area (Å²) in [7, 11) is 0. The summed E-state index contributed by atoms with van der Waals surface area (Å²) in [5, 5.41) is 38.0. The molecule has 0 atom stereocenters. The molecule has 0 aliphatic heterocycles. The van der Waals surface area contributed by atoms with Crippen molar-refractivity contribution >= 4 is 23.9 Å². The molecule has 0 bridgehead atoms. The third-order valence-corrected chi connectivity index (χ3v) is 2.16. The van der Waals surface area contributed by atoms with Gasteiger partial charge in [0.2, 0.25) is 0 Å². The Morgan fingerprint density at radius 3 is 1.17 bits per heavy atom. The molecule has 0 aromatic rings. The molecule has 2 N–H and O–H groups in total. The van der Waals surface area contributed by atoms with Gasteiger partial charge in [0.25, 0.3) is 0 Å². The summed E-state index contributed by atoms with van der Waals surface area (Å²) in [6.45, 7) is -2.75. The zero-order valence-electron chi connectivity index (χ0n) is 12.8. The van der Waals surface area contributed by atoms with Crippen LogP contribution in [0.2, 0.25) is 0 Å². The zero-order valence-corrected chi connectivity index (χ0v) is 17.9. The summed E-state index contributed by atoms with van der Waals surface area (Å²) in [5.41, 5.74) is 0. The average Bonchev–Trinajstić information content (AvgIpc) is 2.22. The summed E-state index contributed by atoms with van der Waals surface area (Å²) in [4.78, 5) is 43.9. The predicted molar refractivity (Wildman–Crippen MR) is 58.2 cm³/mol. The monoisotopic (exact) mass is 392 g/mol. The second-order valence-electron chi connectivity index (χ2n) is 3.95. The van der Waals surface area contributed by atoms with Gasteiger partial charge in [-0.1, -0.05) is 0 Å². The van der Waals surface area contributed by atoms with Crippen molar-refractivity contribution in [3.05, 3.63) is 0 Å². The first-order chi connectivity index (χ1) is 9.20.